The Morgan fingerprint density at radius 2 is 2.00 bits per heavy atom. The number of hydrogen-bond acceptors (Lipinski definition) is 10. The molecule has 4 rings (SSSR count). The Hall–Kier alpha value is -1.96. The molecule has 1 fully saturated rings. The molecule has 12 heteroatoms. The van der Waals surface area contributed by atoms with Crippen LogP contribution in [0.1, 0.15) is 0 Å². The molecule has 1 saturated heterocycles. The molecule has 0 radical (unpaired) electrons. The second kappa shape index (κ2) is 11.0. The number of hydrogen-bond donors (Lipinski definition) is 3. The molecular formula is C21H28N6O3S3. The minimum absolute atomic E-state index is 0.0149. The summed E-state index contributed by atoms with van der Waals surface area (Å²) in [4.78, 5) is 14.9. The maximum Gasteiger partial charge on any atom is 0.222 e. The molecule has 0 amide bonds. The highest BCUT2D eigenvalue weighted by Crippen LogP contribution is 2.29. The Balaban J connectivity index is 1.37. The molecule has 0 spiro atoms. The van der Waals surface area contributed by atoms with E-state index in [2.05, 4.69) is 31.5 Å². The number of fused-ring (bicyclic) bond motifs is 1. The third kappa shape index (κ3) is 5.94. The van der Waals surface area contributed by atoms with E-state index in [1.165, 1.54) is 11.3 Å². The van der Waals surface area contributed by atoms with Gasteiger partial charge in [-0.1, -0.05) is 11.3 Å². The van der Waals surface area contributed by atoms with Crippen molar-refractivity contribution in [2.45, 2.75) is 9.79 Å². The Kier molecular flexibility index (Phi) is 8.04. The minimum Gasteiger partial charge on any atom is -0.396 e. The van der Waals surface area contributed by atoms with Crippen LogP contribution in [0.2, 0.25) is 0 Å². The molecule has 1 aromatic carbocycles. The van der Waals surface area contributed by atoms with E-state index < -0.39 is 9.71 Å². The van der Waals surface area contributed by atoms with Crippen molar-refractivity contribution < 1.29 is 14.1 Å². The maximum absolute atomic E-state index is 13.4. The molecule has 1 aliphatic rings. The third-order valence-corrected chi connectivity index (χ3v) is 9.18. The summed E-state index contributed by atoms with van der Waals surface area (Å²) < 4.78 is 21.6. The van der Waals surface area contributed by atoms with Gasteiger partial charge in [-0.25, -0.2) is 23.5 Å². The van der Waals surface area contributed by atoms with Gasteiger partial charge in [0.1, 0.15) is 0 Å². The number of rotatable bonds is 10. The molecule has 3 aromatic rings. The molecule has 2 atom stereocenters. The molecule has 0 bridgehead atoms. The Morgan fingerprint density at radius 3 is 2.70 bits per heavy atom. The lowest BCUT2D eigenvalue weighted by molar-refractivity contribution is 0.0749. The van der Waals surface area contributed by atoms with Crippen LogP contribution in [0.5, 0.6) is 0 Å². The predicted octanol–water partition coefficient (Wildman–Crippen LogP) is 2.26. The Bertz CT molecular complexity index is 1160. The lowest BCUT2D eigenvalue weighted by Crippen LogP contribution is -2.40. The second-order valence-corrected chi connectivity index (χ2v) is 11.8. The molecule has 1 unspecified atom stereocenters. The van der Waals surface area contributed by atoms with Crippen molar-refractivity contribution in [1.82, 2.24) is 19.3 Å². The number of anilines is 2. The maximum atomic E-state index is 13.4. The number of nitrogens with zero attached hydrogens (tertiary/aromatic N) is 4. The normalized spacial score (nSPS) is 17.5. The lowest BCUT2D eigenvalue weighted by Gasteiger charge is -2.29. The summed E-state index contributed by atoms with van der Waals surface area (Å²) in [6.07, 6.45) is 5.51. The lowest BCUT2D eigenvalue weighted by atomic mass is 10.1. The van der Waals surface area contributed by atoms with Gasteiger partial charge in [-0.2, -0.15) is 0 Å². The smallest absolute Gasteiger partial charge is 0.222 e. The standard InChI is InChI=1S/C21H28N6O3S3/c1-31-16-12-23-20(24-13-16)22-10-15(14-28)11-25-21-26-18-4-3-17(9-19(18)32-21)33(2,29)27-5-7-30-8-6-27/h3-4,9,12-13,15,28H,2,5-8,10-11,14H2,1H3,(H,25,26)(H,22,23,24)/t15-,33?/m0/s1. The molecule has 9 nitrogen and oxygen atoms in total. The van der Waals surface area contributed by atoms with Crippen LogP contribution in [0.25, 0.3) is 10.2 Å². The number of ether oxygens (including phenoxy) is 1. The van der Waals surface area contributed by atoms with E-state index in [0.29, 0.717) is 50.2 Å². The Labute approximate surface area is 202 Å². The first-order valence-electron chi connectivity index (χ1n) is 10.5. The van der Waals surface area contributed by atoms with Crippen molar-refractivity contribution in [2.75, 3.05) is 62.9 Å². The van der Waals surface area contributed by atoms with Crippen molar-refractivity contribution in [3.63, 3.8) is 0 Å². The quantitative estimate of drug-likeness (QED) is 0.280. The van der Waals surface area contributed by atoms with Crippen molar-refractivity contribution in [3.05, 3.63) is 30.6 Å². The molecule has 3 N–H and O–H groups in total. The fourth-order valence-corrected chi connectivity index (χ4v) is 6.27. The summed E-state index contributed by atoms with van der Waals surface area (Å²) in [6.45, 7) is 3.44. The summed E-state index contributed by atoms with van der Waals surface area (Å²) in [6, 6.07) is 5.65. The SMILES string of the molecule is C=S(=O)(c1ccc2nc(NC[C@@H](CO)CNc3ncc(SC)cn3)sc2c1)N1CCOCC1. The fraction of sp³-hybridized carbons (Fsp3) is 0.429. The van der Waals surface area contributed by atoms with Crippen LogP contribution < -0.4 is 10.6 Å². The van der Waals surface area contributed by atoms with Gasteiger partial charge in [-0.05, 0) is 30.3 Å². The van der Waals surface area contributed by atoms with Crippen molar-refractivity contribution >= 4 is 60.0 Å². The minimum atomic E-state index is -2.55. The predicted molar refractivity (Wildman–Crippen MR) is 137 cm³/mol. The topological polar surface area (TPSA) is 112 Å². The van der Waals surface area contributed by atoms with Crippen LogP contribution in [0.3, 0.4) is 0 Å². The van der Waals surface area contributed by atoms with Gasteiger partial charge in [-0.3, -0.25) is 0 Å². The number of morpholine rings is 1. The number of aliphatic hydroxyl groups excluding tert-OH is 1. The zero-order chi connectivity index (χ0) is 23.3. The monoisotopic (exact) mass is 508 g/mol. The molecule has 33 heavy (non-hydrogen) atoms. The molecule has 0 aliphatic carbocycles. The van der Waals surface area contributed by atoms with E-state index in [0.717, 1.165) is 20.2 Å². The molecule has 178 valence electrons. The average Bonchev–Trinajstić information content (AvgIpc) is 3.27. The van der Waals surface area contributed by atoms with E-state index in [1.54, 1.807) is 24.2 Å². The zero-order valence-electron chi connectivity index (χ0n) is 18.4. The highest BCUT2D eigenvalue weighted by molar-refractivity contribution is 7.98. The first kappa shape index (κ1) is 24.2. The zero-order valence-corrected chi connectivity index (χ0v) is 20.8. The van der Waals surface area contributed by atoms with E-state index >= 15 is 0 Å². The number of thiazole rings is 1. The Morgan fingerprint density at radius 1 is 1.27 bits per heavy atom. The van der Waals surface area contributed by atoms with Gasteiger partial charge in [0.2, 0.25) is 5.95 Å². The molecule has 2 aromatic heterocycles. The van der Waals surface area contributed by atoms with Crippen LogP contribution in [0.4, 0.5) is 11.1 Å². The van der Waals surface area contributed by atoms with Crippen molar-refractivity contribution in [2.24, 2.45) is 5.92 Å². The van der Waals surface area contributed by atoms with E-state index in [9.17, 15) is 9.32 Å². The molecule has 3 heterocycles. The summed E-state index contributed by atoms with van der Waals surface area (Å²) >= 11 is 3.08. The third-order valence-electron chi connectivity index (χ3n) is 5.33. The average molecular weight is 509 g/mol. The van der Waals surface area contributed by atoms with Crippen LogP contribution in [0.15, 0.2) is 40.4 Å². The highest BCUT2D eigenvalue weighted by atomic mass is 32.2. The van der Waals surface area contributed by atoms with Gasteiger partial charge in [0.15, 0.2) is 5.13 Å². The van der Waals surface area contributed by atoms with E-state index in [1.807, 2.05) is 28.8 Å². The summed E-state index contributed by atoms with van der Waals surface area (Å²) in [5.74, 6) is 4.52. The number of thioether (sulfide) groups is 1. The fourth-order valence-electron chi connectivity index (χ4n) is 3.35. The first-order chi connectivity index (χ1) is 16.0. The van der Waals surface area contributed by atoms with Crippen LogP contribution in [0, 0.1) is 5.92 Å². The van der Waals surface area contributed by atoms with E-state index in [-0.39, 0.29) is 12.5 Å². The number of nitrogens with one attached hydrogen (secondary N) is 2. The van der Waals surface area contributed by atoms with Crippen molar-refractivity contribution in [1.29, 1.82) is 0 Å². The highest BCUT2D eigenvalue weighted by Gasteiger charge is 2.22. The van der Waals surface area contributed by atoms with Gasteiger partial charge < -0.3 is 20.5 Å². The van der Waals surface area contributed by atoms with Crippen LogP contribution >= 0.6 is 23.1 Å². The van der Waals surface area contributed by atoms with Gasteiger partial charge in [0, 0.05) is 60.9 Å². The summed E-state index contributed by atoms with van der Waals surface area (Å²) in [7, 11) is -2.55. The largest absolute Gasteiger partial charge is 0.396 e. The molecule has 1 aliphatic heterocycles. The number of aromatic nitrogens is 3. The number of benzene rings is 1. The second-order valence-electron chi connectivity index (χ2n) is 7.59. The van der Waals surface area contributed by atoms with Gasteiger partial charge in [-0.15, -0.1) is 11.8 Å². The number of aliphatic hydroxyl groups is 1. The van der Waals surface area contributed by atoms with Crippen molar-refractivity contribution in [3.8, 4) is 0 Å². The van der Waals surface area contributed by atoms with Gasteiger partial charge in [0.25, 0.3) is 0 Å². The molecule has 0 saturated carbocycles. The van der Waals surface area contributed by atoms with E-state index in [4.69, 9.17) is 4.74 Å². The summed E-state index contributed by atoms with van der Waals surface area (Å²) in [5, 5.41) is 17.0. The van der Waals surface area contributed by atoms with Crippen LogP contribution in [-0.2, 0) is 14.4 Å². The summed E-state index contributed by atoms with van der Waals surface area (Å²) in [5.41, 5.74) is 0.837. The van der Waals surface area contributed by atoms with Gasteiger partial charge in [0.05, 0.1) is 33.1 Å². The van der Waals surface area contributed by atoms with Gasteiger partial charge >= 0.3 is 0 Å². The van der Waals surface area contributed by atoms with Crippen LogP contribution in [-0.4, -0.2) is 86.7 Å². The molecular weight excluding hydrogens is 480 g/mol. The first-order valence-corrected chi connectivity index (χ1v) is 14.3.